The van der Waals surface area contributed by atoms with Crippen molar-refractivity contribution in [2.75, 3.05) is 13.2 Å². The van der Waals surface area contributed by atoms with Gasteiger partial charge < -0.3 is 9.05 Å². The Balaban J connectivity index is 4.22. The summed E-state index contributed by atoms with van der Waals surface area (Å²) >= 11 is 0. The molecule has 0 radical (unpaired) electrons. The smallest absolute Gasteiger partial charge is 0.315 e. The number of hydrogen-bond acceptors (Lipinski definition) is 3. The van der Waals surface area contributed by atoms with E-state index in [4.69, 9.17) is 0 Å². The Morgan fingerprint density at radius 2 is 1.80 bits per heavy atom. The van der Waals surface area contributed by atoms with Gasteiger partial charge in [-0.1, -0.05) is 4.48 Å². The second-order valence-corrected chi connectivity index (χ2v) is 5.49. The van der Waals surface area contributed by atoms with Gasteiger partial charge in [-0.05, 0) is 13.8 Å². The molecule has 0 saturated heterocycles. The van der Waals surface area contributed by atoms with Crippen molar-refractivity contribution >= 4 is 25.4 Å². The largest absolute Gasteiger partial charge is 0.577 e. The zero-order chi connectivity index (χ0) is 11.8. The molecule has 0 heterocycles. The lowest BCUT2D eigenvalue weighted by Crippen LogP contribution is -1.93. The Morgan fingerprint density at radius 1 is 1.27 bits per heavy atom. The fourth-order valence-corrected chi connectivity index (χ4v) is 2.83. The van der Waals surface area contributed by atoms with E-state index in [1.165, 1.54) is 13.8 Å². The Labute approximate surface area is 88.5 Å². The Hall–Kier alpha value is 0.560. The molecular formula is C4H10F4N2O2P3+. The van der Waals surface area contributed by atoms with Crippen LogP contribution in [0.25, 0.3) is 0 Å². The molecule has 0 N–H and O–H groups in total. The minimum Gasteiger partial charge on any atom is -0.315 e. The van der Waals surface area contributed by atoms with Gasteiger partial charge in [0, 0.05) is 4.52 Å². The van der Waals surface area contributed by atoms with Crippen molar-refractivity contribution in [3.8, 4) is 0 Å². The molecular weight excluding hydrogens is 277 g/mol. The predicted octanol–water partition coefficient (Wildman–Crippen LogP) is 5.10. The number of halogens is 4. The van der Waals surface area contributed by atoms with Crippen LogP contribution < -0.4 is 0 Å². The summed E-state index contributed by atoms with van der Waals surface area (Å²) in [5.41, 5.74) is 0. The number of hydrogen-bond donors (Lipinski definition) is 0. The average Bonchev–Trinajstić information content (AvgIpc) is 2.17. The molecule has 4 nitrogen and oxygen atoms in total. The van der Waals surface area contributed by atoms with E-state index in [1.54, 1.807) is 0 Å². The molecule has 0 bridgehead atoms. The first-order valence-corrected chi connectivity index (χ1v) is 7.18. The highest BCUT2D eigenvalue weighted by Gasteiger charge is 2.40. The highest BCUT2D eigenvalue weighted by atomic mass is 31.2. The van der Waals surface area contributed by atoms with Gasteiger partial charge in [-0.2, -0.15) is 8.39 Å². The first kappa shape index (κ1) is 15.6. The fourth-order valence-electron chi connectivity index (χ4n) is 0.436. The van der Waals surface area contributed by atoms with Gasteiger partial charge in [0.15, 0.2) is 4.66 Å². The lowest BCUT2D eigenvalue weighted by Gasteiger charge is -2.02. The van der Waals surface area contributed by atoms with Gasteiger partial charge in [-0.25, -0.2) is 0 Å². The molecule has 0 amide bonds. The van der Waals surface area contributed by atoms with Gasteiger partial charge in [-0.3, -0.25) is 0 Å². The van der Waals surface area contributed by atoms with Crippen molar-refractivity contribution in [2.45, 2.75) is 13.8 Å². The summed E-state index contributed by atoms with van der Waals surface area (Å²) in [5.74, 6) is 0. The van der Waals surface area contributed by atoms with Crippen LogP contribution in [-0.4, -0.2) is 17.9 Å². The van der Waals surface area contributed by atoms with Crippen molar-refractivity contribution < 1.29 is 26.1 Å². The van der Waals surface area contributed by atoms with Gasteiger partial charge >= 0.3 is 25.4 Å². The summed E-state index contributed by atoms with van der Waals surface area (Å²) in [4.78, 5) is 0. The molecule has 0 aliphatic carbocycles. The van der Waals surface area contributed by atoms with Gasteiger partial charge in [0.1, 0.15) is 0 Å². The highest BCUT2D eigenvalue weighted by molar-refractivity contribution is 7.61. The van der Waals surface area contributed by atoms with Crippen LogP contribution in [-0.2, 0) is 9.05 Å². The molecule has 0 aliphatic heterocycles. The van der Waals surface area contributed by atoms with Crippen LogP contribution >= 0.6 is 25.4 Å². The summed E-state index contributed by atoms with van der Waals surface area (Å²) in [5, 5.41) is 0. The van der Waals surface area contributed by atoms with E-state index in [2.05, 4.69) is 13.6 Å². The highest BCUT2D eigenvalue weighted by Crippen LogP contribution is 2.59. The third-order valence-electron chi connectivity index (χ3n) is 0.881. The molecule has 3 unspecified atom stereocenters. The molecule has 0 fully saturated rings. The lowest BCUT2D eigenvalue weighted by atomic mass is 10.9. The Bertz CT molecular complexity index is 212. The third kappa shape index (κ3) is 6.67. The van der Waals surface area contributed by atoms with Gasteiger partial charge in [0.05, 0.1) is 17.4 Å². The number of rotatable bonds is 7. The third-order valence-corrected chi connectivity index (χ3v) is 4.37. The van der Waals surface area contributed by atoms with Crippen LogP contribution in [0.3, 0.4) is 0 Å². The van der Waals surface area contributed by atoms with E-state index in [-0.39, 0.29) is 13.2 Å². The topological polar surface area (TPSA) is 34.1 Å². The molecule has 11 heteroatoms. The van der Waals surface area contributed by atoms with E-state index >= 15 is 0 Å². The molecule has 0 spiro atoms. The zero-order valence-electron chi connectivity index (χ0n) is 7.98. The standard InChI is InChI=1S/C4H10F4N2O2P3/c1-3-11-14(7)9-13(6)10(5)15(8)12-4-2/h3-4H2,1-2H3/q+1. The molecule has 0 rings (SSSR count). The Morgan fingerprint density at radius 3 is 2.27 bits per heavy atom. The number of nitrogens with zero attached hydrogens (tertiary/aromatic N) is 2. The molecule has 3 atom stereocenters. The van der Waals surface area contributed by atoms with E-state index in [0.29, 0.717) is 0 Å². The van der Waals surface area contributed by atoms with Crippen molar-refractivity contribution in [3.05, 3.63) is 0 Å². The normalized spacial score (nSPS) is 16.9. The maximum Gasteiger partial charge on any atom is 0.577 e. The SMILES string of the molecule is CCOP(F)N=[P+](F)N(F)P(F)OCC. The van der Waals surface area contributed by atoms with Crippen LogP contribution in [0.1, 0.15) is 13.8 Å². The second kappa shape index (κ2) is 8.68. The van der Waals surface area contributed by atoms with Crippen LogP contribution in [0.15, 0.2) is 4.52 Å². The molecule has 0 aromatic carbocycles. The lowest BCUT2D eigenvalue weighted by molar-refractivity contribution is 0.212. The van der Waals surface area contributed by atoms with Crippen molar-refractivity contribution in [1.82, 2.24) is 4.66 Å². The Kier molecular flexibility index (Phi) is 9.01. The van der Waals surface area contributed by atoms with Crippen LogP contribution in [0.4, 0.5) is 17.1 Å². The summed E-state index contributed by atoms with van der Waals surface area (Å²) < 4.78 is 61.0. The van der Waals surface area contributed by atoms with E-state index < -0.39 is 30.1 Å². The first-order valence-electron chi connectivity index (χ1n) is 3.83. The molecule has 0 aromatic rings. The van der Waals surface area contributed by atoms with E-state index in [1.807, 2.05) is 0 Å². The maximum absolute atomic E-state index is 12.8. The van der Waals surface area contributed by atoms with Crippen molar-refractivity contribution in [1.29, 1.82) is 0 Å². The molecule has 90 valence electrons. The predicted molar refractivity (Wildman–Crippen MR) is 52.7 cm³/mol. The average molecular weight is 287 g/mol. The fraction of sp³-hybridized carbons (Fsp3) is 1.00. The second-order valence-electron chi connectivity index (χ2n) is 1.86. The van der Waals surface area contributed by atoms with Gasteiger partial charge in [0.25, 0.3) is 0 Å². The van der Waals surface area contributed by atoms with Crippen molar-refractivity contribution in [2.24, 2.45) is 4.52 Å². The quantitative estimate of drug-likeness (QED) is 0.371. The van der Waals surface area contributed by atoms with E-state index in [9.17, 15) is 17.1 Å². The monoisotopic (exact) mass is 287 g/mol. The zero-order valence-corrected chi connectivity index (χ0v) is 10.7. The van der Waals surface area contributed by atoms with Crippen molar-refractivity contribution in [3.63, 3.8) is 0 Å². The first-order chi connectivity index (χ1) is 7.02. The minimum absolute atomic E-state index is 0.0169. The van der Waals surface area contributed by atoms with Crippen LogP contribution in [0.2, 0.25) is 0 Å². The summed E-state index contributed by atoms with van der Waals surface area (Å²) in [6, 6.07) is 0. The summed E-state index contributed by atoms with van der Waals surface area (Å²) in [7, 11) is -9.50. The summed E-state index contributed by atoms with van der Waals surface area (Å²) in [6.07, 6.45) is 0. The minimum atomic E-state index is -3.39. The van der Waals surface area contributed by atoms with Crippen LogP contribution in [0, 0.1) is 0 Å². The van der Waals surface area contributed by atoms with Gasteiger partial charge in [0.2, 0.25) is 0 Å². The molecule has 15 heavy (non-hydrogen) atoms. The van der Waals surface area contributed by atoms with E-state index in [0.717, 1.165) is 0 Å². The maximum atomic E-state index is 12.8. The molecule has 0 aromatic heterocycles. The molecule has 0 saturated carbocycles. The molecule has 0 aliphatic rings. The van der Waals surface area contributed by atoms with Crippen LogP contribution in [0.5, 0.6) is 0 Å². The summed E-state index contributed by atoms with van der Waals surface area (Å²) in [6.45, 7) is 2.77. The van der Waals surface area contributed by atoms with Gasteiger partial charge in [-0.15, -0.1) is 0 Å².